The molecule has 0 aliphatic heterocycles. The molecule has 0 aliphatic rings. The van der Waals surface area contributed by atoms with Crippen LogP contribution in [0.5, 0.6) is 0 Å². The molecule has 0 unspecified atom stereocenters. The van der Waals surface area contributed by atoms with Crippen LogP contribution in [0.2, 0.25) is 0 Å². The summed E-state index contributed by atoms with van der Waals surface area (Å²) in [5, 5.41) is 8.69. The van der Waals surface area contributed by atoms with E-state index in [1.54, 1.807) is 23.5 Å². The molecule has 4 nitrogen and oxygen atoms in total. The highest BCUT2D eigenvalue weighted by Crippen LogP contribution is 2.26. The summed E-state index contributed by atoms with van der Waals surface area (Å²) in [6, 6.07) is 11.3. The molecule has 0 radical (unpaired) electrons. The van der Waals surface area contributed by atoms with E-state index < -0.39 is 17.9 Å². The van der Waals surface area contributed by atoms with Gasteiger partial charge in [0.25, 0.3) is 5.91 Å². The molecular formula is C20H18FNO3S2. The van der Waals surface area contributed by atoms with Gasteiger partial charge in [0, 0.05) is 11.3 Å². The van der Waals surface area contributed by atoms with E-state index in [2.05, 4.69) is 5.32 Å². The van der Waals surface area contributed by atoms with Crippen molar-refractivity contribution in [2.75, 3.05) is 6.61 Å². The van der Waals surface area contributed by atoms with E-state index >= 15 is 0 Å². The standard InChI is InChI=1S/C20H18FNO3S2/c21-16-6-4-15(5-7-16)20(17-2-1-10-27-17)22-18(23)12-25-19(24)8-3-14-9-11-26-13-14/h1-2,4-7,9-11,13,20H,3,8,12H2,(H,22,23)/t20-/m1/s1. The van der Waals surface area contributed by atoms with Crippen LogP contribution in [0.25, 0.3) is 0 Å². The molecule has 1 aromatic carbocycles. The van der Waals surface area contributed by atoms with E-state index in [4.69, 9.17) is 4.74 Å². The molecule has 140 valence electrons. The van der Waals surface area contributed by atoms with Crippen LogP contribution in [-0.2, 0) is 20.7 Å². The summed E-state index contributed by atoms with van der Waals surface area (Å²) in [5.41, 5.74) is 1.84. The normalized spacial score (nSPS) is 11.7. The first-order chi connectivity index (χ1) is 13.1. The van der Waals surface area contributed by atoms with E-state index in [1.165, 1.54) is 23.5 Å². The third-order valence-corrected chi connectivity index (χ3v) is 5.57. The molecule has 0 bridgehead atoms. The summed E-state index contributed by atoms with van der Waals surface area (Å²) in [6.45, 7) is -0.342. The lowest BCUT2D eigenvalue weighted by Crippen LogP contribution is -2.32. The number of ether oxygens (including phenoxy) is 1. The minimum atomic E-state index is -0.414. The van der Waals surface area contributed by atoms with Gasteiger partial charge in [-0.3, -0.25) is 9.59 Å². The molecule has 0 saturated carbocycles. The smallest absolute Gasteiger partial charge is 0.306 e. The van der Waals surface area contributed by atoms with Crippen molar-refractivity contribution in [3.8, 4) is 0 Å². The van der Waals surface area contributed by atoms with Crippen LogP contribution in [0.4, 0.5) is 4.39 Å². The Morgan fingerprint density at radius 1 is 1.11 bits per heavy atom. The first-order valence-corrected chi connectivity index (χ1v) is 10.2. The minimum absolute atomic E-state index is 0.232. The summed E-state index contributed by atoms with van der Waals surface area (Å²) >= 11 is 3.06. The van der Waals surface area contributed by atoms with Gasteiger partial charge in [0.05, 0.1) is 6.04 Å². The second-order valence-corrected chi connectivity index (χ2v) is 7.62. The van der Waals surface area contributed by atoms with Gasteiger partial charge in [0.15, 0.2) is 6.61 Å². The van der Waals surface area contributed by atoms with Crippen LogP contribution >= 0.6 is 22.7 Å². The first kappa shape index (κ1) is 19.3. The molecule has 2 aromatic heterocycles. The summed E-state index contributed by atoms with van der Waals surface area (Å²) < 4.78 is 18.3. The van der Waals surface area contributed by atoms with Gasteiger partial charge in [-0.2, -0.15) is 11.3 Å². The molecular weight excluding hydrogens is 385 g/mol. The Kier molecular flexibility index (Phi) is 6.73. The second-order valence-electron chi connectivity index (χ2n) is 5.86. The number of benzene rings is 1. The molecule has 0 aliphatic carbocycles. The summed E-state index contributed by atoms with van der Waals surface area (Å²) in [4.78, 5) is 25.0. The molecule has 0 spiro atoms. The average Bonchev–Trinajstić information content (AvgIpc) is 3.37. The number of halogens is 1. The lowest BCUT2D eigenvalue weighted by molar-refractivity contribution is -0.148. The van der Waals surface area contributed by atoms with Crippen molar-refractivity contribution < 1.29 is 18.7 Å². The largest absolute Gasteiger partial charge is 0.456 e. The molecule has 1 amide bonds. The van der Waals surface area contributed by atoms with Crippen molar-refractivity contribution in [1.29, 1.82) is 0 Å². The second kappa shape index (κ2) is 9.43. The zero-order valence-corrected chi connectivity index (χ0v) is 16.0. The fourth-order valence-corrected chi connectivity index (χ4v) is 4.04. The highest BCUT2D eigenvalue weighted by molar-refractivity contribution is 7.10. The Labute approximate surface area is 164 Å². The number of thiophene rings is 2. The van der Waals surface area contributed by atoms with Crippen LogP contribution in [0, 0.1) is 5.82 Å². The Balaban J connectivity index is 1.54. The fraction of sp³-hybridized carbons (Fsp3) is 0.200. The van der Waals surface area contributed by atoms with Gasteiger partial charge in [-0.15, -0.1) is 11.3 Å². The van der Waals surface area contributed by atoms with Crippen LogP contribution in [0.15, 0.2) is 58.6 Å². The van der Waals surface area contributed by atoms with Crippen molar-refractivity contribution in [3.63, 3.8) is 0 Å². The molecule has 1 atom stereocenters. The number of amides is 1. The van der Waals surface area contributed by atoms with Crippen molar-refractivity contribution in [1.82, 2.24) is 5.32 Å². The molecule has 27 heavy (non-hydrogen) atoms. The van der Waals surface area contributed by atoms with E-state index in [1.807, 2.05) is 34.3 Å². The number of hydrogen-bond acceptors (Lipinski definition) is 5. The number of rotatable bonds is 8. The number of aryl methyl sites for hydroxylation is 1. The third-order valence-electron chi connectivity index (χ3n) is 3.90. The van der Waals surface area contributed by atoms with Gasteiger partial charge in [-0.05, 0) is 58.0 Å². The monoisotopic (exact) mass is 403 g/mol. The number of carbonyl (C=O) groups is 2. The maximum absolute atomic E-state index is 13.2. The quantitative estimate of drug-likeness (QED) is 0.570. The van der Waals surface area contributed by atoms with Gasteiger partial charge in [0.2, 0.25) is 0 Å². The van der Waals surface area contributed by atoms with Crippen LogP contribution in [0.1, 0.15) is 28.5 Å². The van der Waals surface area contributed by atoms with E-state index in [9.17, 15) is 14.0 Å². The maximum atomic E-state index is 13.2. The molecule has 7 heteroatoms. The van der Waals surface area contributed by atoms with Crippen LogP contribution in [-0.4, -0.2) is 18.5 Å². The zero-order chi connectivity index (χ0) is 19.1. The Morgan fingerprint density at radius 3 is 2.59 bits per heavy atom. The molecule has 0 saturated heterocycles. The van der Waals surface area contributed by atoms with Gasteiger partial charge in [-0.25, -0.2) is 4.39 Å². The van der Waals surface area contributed by atoms with E-state index in [0.717, 1.165) is 16.0 Å². The zero-order valence-electron chi connectivity index (χ0n) is 14.4. The van der Waals surface area contributed by atoms with Gasteiger partial charge in [-0.1, -0.05) is 18.2 Å². The Bertz CT molecular complexity index is 861. The maximum Gasteiger partial charge on any atom is 0.306 e. The summed E-state index contributed by atoms with van der Waals surface area (Å²) in [5.74, 6) is -1.15. The van der Waals surface area contributed by atoms with Gasteiger partial charge in [0.1, 0.15) is 5.82 Å². The minimum Gasteiger partial charge on any atom is -0.456 e. The molecule has 3 rings (SSSR count). The predicted molar refractivity (Wildman–Crippen MR) is 104 cm³/mol. The fourth-order valence-electron chi connectivity index (χ4n) is 2.53. The van der Waals surface area contributed by atoms with Crippen molar-refractivity contribution in [2.24, 2.45) is 0 Å². The topological polar surface area (TPSA) is 55.4 Å². The van der Waals surface area contributed by atoms with Crippen molar-refractivity contribution in [2.45, 2.75) is 18.9 Å². The molecule has 1 N–H and O–H groups in total. The lowest BCUT2D eigenvalue weighted by Gasteiger charge is -2.18. The van der Waals surface area contributed by atoms with Crippen LogP contribution < -0.4 is 5.32 Å². The van der Waals surface area contributed by atoms with E-state index in [0.29, 0.717) is 6.42 Å². The molecule has 2 heterocycles. The predicted octanol–water partition coefficient (Wildman–Crippen LogP) is 4.33. The molecule has 0 fully saturated rings. The summed E-state index contributed by atoms with van der Waals surface area (Å²) in [6.07, 6.45) is 0.827. The van der Waals surface area contributed by atoms with Gasteiger partial charge < -0.3 is 10.1 Å². The van der Waals surface area contributed by atoms with Crippen molar-refractivity contribution in [3.05, 3.63) is 80.4 Å². The number of hydrogen-bond donors (Lipinski definition) is 1. The summed E-state index contributed by atoms with van der Waals surface area (Å²) in [7, 11) is 0. The highest BCUT2D eigenvalue weighted by atomic mass is 32.1. The molecule has 3 aromatic rings. The number of esters is 1. The highest BCUT2D eigenvalue weighted by Gasteiger charge is 2.19. The average molecular weight is 404 g/mol. The Morgan fingerprint density at radius 2 is 1.93 bits per heavy atom. The van der Waals surface area contributed by atoms with Crippen molar-refractivity contribution >= 4 is 34.6 Å². The van der Waals surface area contributed by atoms with Gasteiger partial charge >= 0.3 is 5.97 Å². The van der Waals surface area contributed by atoms with Crippen LogP contribution in [0.3, 0.4) is 0 Å². The third kappa shape index (κ3) is 5.74. The number of nitrogens with one attached hydrogen (secondary N) is 1. The SMILES string of the molecule is O=C(COC(=O)CCc1ccsc1)N[C@H](c1ccc(F)cc1)c1cccs1. The first-order valence-electron chi connectivity index (χ1n) is 8.37. The number of carbonyl (C=O) groups excluding carboxylic acids is 2. The Hall–Kier alpha value is -2.51. The van der Waals surface area contributed by atoms with E-state index in [-0.39, 0.29) is 18.8 Å². The lowest BCUT2D eigenvalue weighted by atomic mass is 10.1.